The molecule has 92 heavy (non-hydrogen) atoms. The minimum atomic E-state index is -0.945. The molecule has 6 N–H and O–H groups in total. The second kappa shape index (κ2) is 27.8. The Balaban J connectivity index is 0.000000179. The maximum Gasteiger partial charge on any atom is 0.326 e. The number of likely N-dealkylation sites (N-methyl/N-ethyl adjacent to an activating group) is 2. The average Bonchev–Trinajstić information content (AvgIpc) is 1.64. The summed E-state index contributed by atoms with van der Waals surface area (Å²) in [4.78, 5) is 56.7. The van der Waals surface area contributed by atoms with Crippen molar-refractivity contribution in [3.8, 4) is 22.5 Å². The van der Waals surface area contributed by atoms with Crippen LogP contribution >= 0.6 is 0 Å². The van der Waals surface area contributed by atoms with Crippen LogP contribution in [0.2, 0.25) is 0 Å². The largest absolute Gasteiger partial charge is 0.383 e. The standard InChI is InChI=1S/C36H38F3N9O.C32H40FN9O/c1-45-15-17-46(18-16-45)26-9-11-27(12-10-26)48-35-32(34(40)41-22-42-35)33(44-48)24-7-14-31(29(39)19-24)47(21-23-5-3-2-4-6-23)36(49)43-30-13-8-25(37)20-28(30)38;1-4-41(32(43)37-23-7-5-6-21(2)18-23)27-13-8-22(19-26(27)33)29-28-30(34)35-20-36-31(28)42(38-29)25-11-9-24(10-12-25)40-16-14-39(3)15-17-40/h2-8,13-14,19-20,22,26-27H,9-12,15-18,21H2,1H3,(H,43,49)(H2,40,41,42);5-8,13,18-20,24-25H,4,9-12,14-17H2,1-3H3,(H,37,43)(H2,34,35,36)/t26-,27+;24-,25+. The first kappa shape index (κ1) is 63.1. The Labute approximate surface area is 532 Å². The summed E-state index contributed by atoms with van der Waals surface area (Å²) in [6.07, 6.45) is 11.0. The number of nitrogens with two attached hydrogens (primary N) is 2. The van der Waals surface area contributed by atoms with E-state index in [-0.39, 0.29) is 41.5 Å². The molecule has 6 heterocycles. The molecule has 9 aromatic rings. The Morgan fingerprint density at radius 1 is 0.533 bits per heavy atom. The first-order chi connectivity index (χ1) is 44.6. The fraction of sp³-hybridized carbons (Fsp3) is 0.382. The Hall–Kier alpha value is -9.10. The van der Waals surface area contributed by atoms with Crippen molar-refractivity contribution in [3.63, 3.8) is 0 Å². The number of nitrogens with one attached hydrogen (secondary N) is 2. The van der Waals surface area contributed by atoms with E-state index in [1.54, 1.807) is 42.5 Å². The van der Waals surface area contributed by atoms with Crippen LogP contribution < -0.4 is 31.9 Å². The van der Waals surface area contributed by atoms with E-state index in [9.17, 15) is 18.4 Å². The van der Waals surface area contributed by atoms with Crippen molar-refractivity contribution < 1.29 is 27.2 Å². The summed E-state index contributed by atoms with van der Waals surface area (Å²) in [7, 11) is 4.35. The lowest BCUT2D eigenvalue weighted by atomic mass is 9.90. The zero-order valence-corrected chi connectivity index (χ0v) is 52.3. The zero-order valence-electron chi connectivity index (χ0n) is 52.3. The third-order valence-electron chi connectivity index (χ3n) is 18.6. The van der Waals surface area contributed by atoms with Gasteiger partial charge in [-0.1, -0.05) is 54.6 Å². The fourth-order valence-electron chi connectivity index (χ4n) is 13.5. The average molecular weight is 1260 g/mol. The van der Waals surface area contributed by atoms with Gasteiger partial charge in [0.2, 0.25) is 0 Å². The predicted molar refractivity (Wildman–Crippen MR) is 352 cm³/mol. The number of nitrogens with zero attached hydrogens (tertiary/aromatic N) is 14. The number of halogens is 4. The van der Waals surface area contributed by atoms with E-state index < -0.39 is 35.3 Å². The number of benzene rings is 5. The lowest BCUT2D eigenvalue weighted by Gasteiger charge is -2.41. The van der Waals surface area contributed by atoms with Crippen molar-refractivity contribution in [2.24, 2.45) is 0 Å². The number of rotatable bonds is 13. The van der Waals surface area contributed by atoms with E-state index in [2.05, 4.69) is 64.3 Å². The molecule has 4 fully saturated rings. The summed E-state index contributed by atoms with van der Waals surface area (Å²) in [5, 5.41) is 16.4. The highest BCUT2D eigenvalue weighted by Crippen LogP contribution is 2.41. The predicted octanol–water partition coefficient (Wildman–Crippen LogP) is 11.8. The molecule has 2 saturated heterocycles. The number of urea groups is 2. The summed E-state index contributed by atoms with van der Waals surface area (Å²) >= 11 is 0. The molecule has 0 atom stereocenters. The van der Waals surface area contributed by atoms with Crippen LogP contribution in [0.4, 0.5) is 61.5 Å². The molecular formula is C68H78F4N18O2. The molecule has 2 aliphatic heterocycles. The number of aromatic nitrogens is 8. The summed E-state index contributed by atoms with van der Waals surface area (Å²) in [6, 6.07) is 28.9. The number of fused-ring (bicyclic) bond motifs is 2. The van der Waals surface area contributed by atoms with Crippen molar-refractivity contribution in [3.05, 3.63) is 156 Å². The van der Waals surface area contributed by atoms with Crippen LogP contribution in [0, 0.1) is 30.2 Å². The Morgan fingerprint density at radius 2 is 1.02 bits per heavy atom. The number of hydrogen-bond donors (Lipinski definition) is 4. The molecule has 4 aromatic heterocycles. The molecule has 13 rings (SSSR count). The number of anilines is 6. The minimum Gasteiger partial charge on any atom is -0.383 e. The molecule has 20 nitrogen and oxygen atoms in total. The number of nitrogen functional groups attached to an aromatic ring is 2. The lowest BCUT2D eigenvalue weighted by Crippen LogP contribution is -2.49. The highest BCUT2D eigenvalue weighted by Gasteiger charge is 2.34. The van der Waals surface area contributed by atoms with Crippen LogP contribution in [0.3, 0.4) is 0 Å². The van der Waals surface area contributed by atoms with Gasteiger partial charge >= 0.3 is 12.1 Å². The monoisotopic (exact) mass is 1250 g/mol. The summed E-state index contributed by atoms with van der Waals surface area (Å²) in [5.41, 5.74) is 18.3. The van der Waals surface area contributed by atoms with Crippen LogP contribution in [0.25, 0.3) is 44.6 Å². The number of hydrogen-bond acceptors (Lipinski definition) is 14. The number of amides is 4. The van der Waals surface area contributed by atoms with Gasteiger partial charge in [0.15, 0.2) is 11.3 Å². The summed E-state index contributed by atoms with van der Waals surface area (Å²) < 4.78 is 63.8. The van der Waals surface area contributed by atoms with E-state index in [1.165, 1.54) is 40.7 Å². The highest BCUT2D eigenvalue weighted by atomic mass is 19.1. The molecule has 0 spiro atoms. The van der Waals surface area contributed by atoms with Crippen molar-refractivity contribution in [2.45, 2.75) is 95.9 Å². The molecule has 4 amide bonds. The lowest BCUT2D eigenvalue weighted by molar-refractivity contribution is 0.0815. The minimum absolute atomic E-state index is 0.0130. The molecule has 0 bridgehead atoms. The van der Waals surface area contributed by atoms with Crippen LogP contribution in [0.5, 0.6) is 0 Å². The van der Waals surface area contributed by atoms with Gasteiger partial charge in [0.25, 0.3) is 0 Å². The normalized spacial score (nSPS) is 19.3. The van der Waals surface area contributed by atoms with Gasteiger partial charge in [0.05, 0.1) is 46.5 Å². The van der Waals surface area contributed by atoms with Crippen molar-refractivity contribution in [2.75, 3.05) is 105 Å². The molecule has 0 unspecified atom stereocenters. The van der Waals surface area contributed by atoms with E-state index in [0.29, 0.717) is 80.8 Å². The van der Waals surface area contributed by atoms with Crippen LogP contribution in [0.15, 0.2) is 122 Å². The zero-order chi connectivity index (χ0) is 64.2. The van der Waals surface area contributed by atoms with E-state index >= 15 is 8.78 Å². The SMILES string of the molecule is CCN(C(=O)Nc1cccc(C)c1)c1ccc(-c2nn([C@H]3CC[C@@H](N4CCN(C)CC4)CC3)c3ncnc(N)c23)cc1F.CN1CCN([C@H]2CC[C@@H](n3nc(-c4ccc(N(Cc5ccccc5)C(=O)Nc5ccc(F)cc5F)c(F)c4)c4c(N)ncnc43)CC2)CC1. The first-order valence-electron chi connectivity index (χ1n) is 31.7. The molecule has 2 aliphatic carbocycles. The number of carbonyl (C=O) groups is 2. The number of aryl methyl sites for hydroxylation is 1. The molecule has 2 saturated carbocycles. The van der Waals surface area contributed by atoms with Crippen LogP contribution in [-0.4, -0.2) is 156 Å². The highest BCUT2D eigenvalue weighted by molar-refractivity contribution is 6.04. The molecular weight excluding hydrogens is 1180 g/mol. The topological polar surface area (TPSA) is 217 Å². The quantitative estimate of drug-likeness (QED) is 0.0790. The smallest absolute Gasteiger partial charge is 0.326 e. The number of carbonyl (C=O) groups excluding carboxylic acids is 2. The van der Waals surface area contributed by atoms with Gasteiger partial charge in [0.1, 0.15) is 58.9 Å². The second-order valence-electron chi connectivity index (χ2n) is 24.6. The van der Waals surface area contributed by atoms with Crippen molar-refractivity contribution in [1.82, 2.24) is 59.1 Å². The van der Waals surface area contributed by atoms with Gasteiger partial charge < -0.3 is 31.9 Å². The maximum atomic E-state index is 16.2. The van der Waals surface area contributed by atoms with Crippen molar-refractivity contribution >= 4 is 68.5 Å². The number of piperazine rings is 2. The van der Waals surface area contributed by atoms with Gasteiger partial charge in [-0.25, -0.2) is 56.5 Å². The van der Waals surface area contributed by atoms with Gasteiger partial charge in [-0.3, -0.25) is 19.6 Å². The van der Waals surface area contributed by atoms with Crippen LogP contribution in [0.1, 0.15) is 81.5 Å². The molecule has 4 aliphatic rings. The third kappa shape index (κ3) is 13.7. The Bertz CT molecular complexity index is 4080. The summed E-state index contributed by atoms with van der Waals surface area (Å²) in [6.45, 7) is 12.9. The fourth-order valence-corrected chi connectivity index (χ4v) is 13.5. The van der Waals surface area contributed by atoms with Gasteiger partial charge in [-0.2, -0.15) is 10.2 Å². The summed E-state index contributed by atoms with van der Waals surface area (Å²) in [5.74, 6) is -2.39. The second-order valence-corrected chi connectivity index (χ2v) is 24.6. The molecule has 480 valence electrons. The van der Waals surface area contributed by atoms with E-state index in [0.717, 1.165) is 127 Å². The molecule has 5 aromatic carbocycles. The van der Waals surface area contributed by atoms with E-state index in [4.69, 9.17) is 21.7 Å². The van der Waals surface area contributed by atoms with Gasteiger partial charge in [-0.05, 0) is 139 Å². The van der Waals surface area contributed by atoms with Gasteiger partial charge in [0, 0.05) is 93.9 Å². The van der Waals surface area contributed by atoms with Crippen LogP contribution in [-0.2, 0) is 6.54 Å². The van der Waals surface area contributed by atoms with Gasteiger partial charge in [-0.15, -0.1) is 0 Å². The maximum absolute atomic E-state index is 16.2. The Kier molecular flexibility index (Phi) is 19.0. The Morgan fingerprint density at radius 3 is 1.50 bits per heavy atom. The first-order valence-corrected chi connectivity index (χ1v) is 31.7. The van der Waals surface area contributed by atoms with E-state index in [1.807, 2.05) is 53.5 Å². The van der Waals surface area contributed by atoms with Crippen molar-refractivity contribution in [1.29, 1.82) is 0 Å². The molecule has 24 heteroatoms. The molecule has 0 radical (unpaired) electrons. The third-order valence-corrected chi connectivity index (χ3v) is 18.6.